The number of hydrazine groups is 1. The Bertz CT molecular complexity index is 419. The summed E-state index contributed by atoms with van der Waals surface area (Å²) in [6, 6.07) is 3.40. The van der Waals surface area contributed by atoms with E-state index in [1.165, 1.54) is 12.1 Å². The van der Waals surface area contributed by atoms with Gasteiger partial charge in [-0.15, -0.1) is 0 Å². The van der Waals surface area contributed by atoms with Crippen molar-refractivity contribution in [1.82, 2.24) is 5.43 Å². The molecular formula is C13H18F2N2O. The lowest BCUT2D eigenvalue weighted by Gasteiger charge is -2.33. The second kappa shape index (κ2) is 5.30. The molecule has 0 aromatic heterocycles. The zero-order valence-corrected chi connectivity index (χ0v) is 10.4. The lowest BCUT2D eigenvalue weighted by atomic mass is 9.88. The van der Waals surface area contributed by atoms with Crippen molar-refractivity contribution < 1.29 is 13.5 Å². The van der Waals surface area contributed by atoms with E-state index in [4.69, 9.17) is 10.6 Å². The summed E-state index contributed by atoms with van der Waals surface area (Å²) in [5.41, 5.74) is 2.74. The molecule has 3 nitrogen and oxygen atoms in total. The van der Waals surface area contributed by atoms with E-state index < -0.39 is 17.2 Å². The number of halogens is 2. The van der Waals surface area contributed by atoms with E-state index in [2.05, 4.69) is 5.43 Å². The number of hydrogen-bond acceptors (Lipinski definition) is 3. The zero-order valence-electron chi connectivity index (χ0n) is 10.4. The fourth-order valence-electron chi connectivity index (χ4n) is 2.43. The van der Waals surface area contributed by atoms with E-state index in [-0.39, 0.29) is 6.04 Å². The highest BCUT2D eigenvalue weighted by Crippen LogP contribution is 2.30. The van der Waals surface area contributed by atoms with Crippen LogP contribution in [0.2, 0.25) is 0 Å². The summed E-state index contributed by atoms with van der Waals surface area (Å²) in [5.74, 6) is 4.42. The fourth-order valence-corrected chi connectivity index (χ4v) is 2.43. The van der Waals surface area contributed by atoms with Crippen molar-refractivity contribution in [1.29, 1.82) is 0 Å². The molecule has 2 atom stereocenters. The summed E-state index contributed by atoms with van der Waals surface area (Å²) in [6.07, 6.45) is 2.23. The molecular weight excluding hydrogens is 238 g/mol. The van der Waals surface area contributed by atoms with E-state index >= 15 is 0 Å². The number of nitrogens with two attached hydrogens (primary N) is 1. The van der Waals surface area contributed by atoms with Gasteiger partial charge < -0.3 is 4.74 Å². The minimum Gasteiger partial charge on any atom is -0.374 e. The van der Waals surface area contributed by atoms with Gasteiger partial charge in [0.2, 0.25) is 0 Å². The fraction of sp³-hybridized carbons (Fsp3) is 0.538. The zero-order chi connectivity index (χ0) is 13.2. The van der Waals surface area contributed by atoms with Gasteiger partial charge in [-0.1, -0.05) is 6.07 Å². The van der Waals surface area contributed by atoms with Gasteiger partial charge in [-0.3, -0.25) is 11.3 Å². The normalized spacial score (nSPS) is 25.3. The Morgan fingerprint density at radius 3 is 2.83 bits per heavy atom. The number of hydrogen-bond donors (Lipinski definition) is 2. The third kappa shape index (κ3) is 2.68. The van der Waals surface area contributed by atoms with Crippen molar-refractivity contribution in [2.45, 2.75) is 37.8 Å². The van der Waals surface area contributed by atoms with Crippen molar-refractivity contribution in [3.63, 3.8) is 0 Å². The van der Waals surface area contributed by atoms with Crippen LogP contribution in [0.25, 0.3) is 0 Å². The van der Waals surface area contributed by atoms with E-state index in [1.54, 1.807) is 0 Å². The van der Waals surface area contributed by atoms with Crippen molar-refractivity contribution >= 4 is 0 Å². The van der Waals surface area contributed by atoms with Gasteiger partial charge in [0.25, 0.3) is 0 Å². The molecule has 0 radical (unpaired) electrons. The highest BCUT2D eigenvalue weighted by Gasteiger charge is 2.38. The largest absolute Gasteiger partial charge is 0.374 e. The number of nitrogens with one attached hydrogen (secondary N) is 1. The lowest BCUT2D eigenvalue weighted by molar-refractivity contribution is -0.0116. The molecule has 0 aliphatic carbocycles. The van der Waals surface area contributed by atoms with Gasteiger partial charge in [-0.25, -0.2) is 8.78 Å². The van der Waals surface area contributed by atoms with E-state index in [1.807, 2.05) is 6.92 Å². The predicted molar refractivity (Wildman–Crippen MR) is 64.8 cm³/mol. The van der Waals surface area contributed by atoms with Gasteiger partial charge in [0, 0.05) is 12.7 Å². The predicted octanol–water partition coefficient (Wildman–Crippen LogP) is 1.91. The highest BCUT2D eigenvalue weighted by molar-refractivity contribution is 5.20. The third-order valence-electron chi connectivity index (χ3n) is 3.63. The molecule has 1 aromatic carbocycles. The van der Waals surface area contributed by atoms with Crippen LogP contribution in [0, 0.1) is 11.6 Å². The van der Waals surface area contributed by atoms with Gasteiger partial charge in [0.05, 0.1) is 11.6 Å². The topological polar surface area (TPSA) is 47.3 Å². The summed E-state index contributed by atoms with van der Waals surface area (Å²) in [5, 5.41) is 0. The SMILES string of the molecule is CC1(C(Cc2ccc(F)cc2F)NN)CCCO1. The minimum absolute atomic E-state index is 0.194. The van der Waals surface area contributed by atoms with Gasteiger partial charge in [0.15, 0.2) is 0 Å². The summed E-state index contributed by atoms with van der Waals surface area (Å²) in [7, 11) is 0. The molecule has 100 valence electrons. The molecule has 2 unspecified atom stereocenters. The Labute approximate surface area is 105 Å². The van der Waals surface area contributed by atoms with Crippen LogP contribution in [0.3, 0.4) is 0 Å². The molecule has 5 heteroatoms. The van der Waals surface area contributed by atoms with E-state index in [0.717, 1.165) is 18.9 Å². The molecule has 1 saturated heterocycles. The maximum Gasteiger partial charge on any atom is 0.129 e. The Balaban J connectivity index is 2.15. The summed E-state index contributed by atoms with van der Waals surface area (Å²) < 4.78 is 32.1. The average molecular weight is 256 g/mol. The molecule has 1 fully saturated rings. The molecule has 1 aliphatic rings. The van der Waals surface area contributed by atoms with Crippen LogP contribution in [0.15, 0.2) is 18.2 Å². The molecule has 0 saturated carbocycles. The molecule has 0 bridgehead atoms. The first-order valence-corrected chi connectivity index (χ1v) is 6.09. The van der Waals surface area contributed by atoms with Crippen molar-refractivity contribution in [3.05, 3.63) is 35.4 Å². The standard InChI is InChI=1S/C13H18F2N2O/c1-13(5-2-6-18-13)12(17-16)7-9-3-4-10(14)8-11(9)15/h3-4,8,12,17H,2,5-7,16H2,1H3. The molecule has 3 N–H and O–H groups in total. The van der Waals surface area contributed by atoms with Crippen LogP contribution in [0.1, 0.15) is 25.3 Å². The van der Waals surface area contributed by atoms with E-state index in [9.17, 15) is 8.78 Å². The second-order valence-corrected chi connectivity index (χ2v) is 4.92. The smallest absolute Gasteiger partial charge is 0.129 e. The van der Waals surface area contributed by atoms with Crippen LogP contribution in [-0.2, 0) is 11.2 Å². The molecule has 0 spiro atoms. The lowest BCUT2D eigenvalue weighted by Crippen LogP contribution is -2.52. The van der Waals surface area contributed by atoms with Crippen LogP contribution < -0.4 is 11.3 Å². The second-order valence-electron chi connectivity index (χ2n) is 4.92. The third-order valence-corrected chi connectivity index (χ3v) is 3.63. The minimum atomic E-state index is -0.572. The maximum atomic E-state index is 13.6. The quantitative estimate of drug-likeness (QED) is 0.639. The number of rotatable bonds is 4. The van der Waals surface area contributed by atoms with Crippen LogP contribution in [0.5, 0.6) is 0 Å². The van der Waals surface area contributed by atoms with Crippen LogP contribution in [-0.4, -0.2) is 18.2 Å². The maximum absolute atomic E-state index is 13.6. The van der Waals surface area contributed by atoms with Crippen LogP contribution in [0.4, 0.5) is 8.78 Å². The first-order valence-electron chi connectivity index (χ1n) is 6.09. The molecule has 1 heterocycles. The molecule has 0 amide bonds. The van der Waals surface area contributed by atoms with Gasteiger partial charge in [-0.2, -0.15) is 0 Å². The Kier molecular flexibility index (Phi) is 3.94. The van der Waals surface area contributed by atoms with Crippen molar-refractivity contribution in [2.75, 3.05) is 6.61 Å². The molecule has 2 rings (SSSR count). The summed E-state index contributed by atoms with van der Waals surface area (Å²) in [4.78, 5) is 0. The van der Waals surface area contributed by atoms with Crippen molar-refractivity contribution in [3.8, 4) is 0 Å². The van der Waals surface area contributed by atoms with Crippen LogP contribution >= 0.6 is 0 Å². The molecule has 18 heavy (non-hydrogen) atoms. The van der Waals surface area contributed by atoms with Gasteiger partial charge >= 0.3 is 0 Å². The Hall–Kier alpha value is -1.04. The monoisotopic (exact) mass is 256 g/mol. The molecule has 1 aromatic rings. The van der Waals surface area contributed by atoms with Crippen molar-refractivity contribution in [2.24, 2.45) is 5.84 Å². The van der Waals surface area contributed by atoms with E-state index in [0.29, 0.717) is 18.6 Å². The van der Waals surface area contributed by atoms with Gasteiger partial charge in [0.1, 0.15) is 11.6 Å². The average Bonchev–Trinajstić information content (AvgIpc) is 2.76. The number of ether oxygens (including phenoxy) is 1. The summed E-state index contributed by atoms with van der Waals surface area (Å²) >= 11 is 0. The highest BCUT2D eigenvalue weighted by atomic mass is 19.1. The Morgan fingerprint density at radius 2 is 2.28 bits per heavy atom. The summed E-state index contributed by atoms with van der Waals surface area (Å²) in [6.45, 7) is 2.66. The first-order chi connectivity index (χ1) is 8.55. The molecule has 1 aliphatic heterocycles. The number of benzene rings is 1. The Morgan fingerprint density at radius 1 is 1.50 bits per heavy atom. The van der Waals surface area contributed by atoms with Gasteiger partial charge in [-0.05, 0) is 37.8 Å². The first kappa shape index (κ1) is 13.4.